The highest BCUT2D eigenvalue weighted by Gasteiger charge is 2.15. The van der Waals surface area contributed by atoms with Crippen LogP contribution in [-0.4, -0.2) is 6.54 Å². The molecule has 0 spiro atoms. The Hall–Kier alpha value is -1.06. The average molecular weight is 336 g/mol. The van der Waals surface area contributed by atoms with Crippen LogP contribution in [0.5, 0.6) is 0 Å². The van der Waals surface area contributed by atoms with E-state index in [1.165, 1.54) is 16.7 Å². The number of halogens is 1. The highest BCUT2D eigenvalue weighted by Crippen LogP contribution is 2.24. The van der Waals surface area contributed by atoms with Gasteiger partial charge in [-0.2, -0.15) is 0 Å². The zero-order valence-corrected chi connectivity index (χ0v) is 14.0. The fourth-order valence-corrected chi connectivity index (χ4v) is 2.59. The minimum absolute atomic E-state index is 0.225. The summed E-state index contributed by atoms with van der Waals surface area (Å²) in [6.07, 6.45) is 2.06. The van der Waals surface area contributed by atoms with Crippen molar-refractivity contribution in [1.29, 1.82) is 0 Å². The van der Waals surface area contributed by atoms with Crippen LogP contribution < -0.4 is 5.32 Å². The van der Waals surface area contributed by atoms with Crippen molar-refractivity contribution in [2.24, 2.45) is 0 Å². The summed E-state index contributed by atoms with van der Waals surface area (Å²) >= 11 is 3.38. The zero-order valence-electron chi connectivity index (χ0n) is 12.4. The predicted octanol–water partition coefficient (Wildman–Crippen LogP) is 4.94. The van der Waals surface area contributed by atoms with Gasteiger partial charge in [-0.05, 0) is 78.0 Å². The molecule has 1 atom stereocenters. The van der Waals surface area contributed by atoms with E-state index in [1.54, 1.807) is 0 Å². The second-order valence-corrected chi connectivity index (χ2v) is 6.05. The molecule has 20 heavy (non-hydrogen) atoms. The maximum absolute atomic E-state index is 5.72. The third-order valence-corrected chi connectivity index (χ3v) is 4.02. The quantitative estimate of drug-likeness (QED) is 0.808. The summed E-state index contributed by atoms with van der Waals surface area (Å²) in [5.41, 5.74) is 4.03. The van der Waals surface area contributed by atoms with Crippen LogP contribution in [0, 0.1) is 13.8 Å². The van der Waals surface area contributed by atoms with Crippen molar-refractivity contribution in [3.8, 4) is 0 Å². The number of hydrogen-bond acceptors (Lipinski definition) is 2. The largest absolute Gasteiger partial charge is 0.453 e. The van der Waals surface area contributed by atoms with E-state index in [0.717, 1.165) is 29.8 Å². The molecule has 1 aromatic heterocycles. The van der Waals surface area contributed by atoms with Gasteiger partial charge < -0.3 is 9.73 Å². The number of nitrogens with one attached hydrogen (secondary N) is 1. The molecular weight excluding hydrogens is 314 g/mol. The number of benzene rings is 1. The van der Waals surface area contributed by atoms with Gasteiger partial charge in [-0.3, -0.25) is 0 Å². The summed E-state index contributed by atoms with van der Waals surface area (Å²) in [5, 5.41) is 3.57. The minimum Gasteiger partial charge on any atom is -0.453 e. The molecule has 2 rings (SSSR count). The van der Waals surface area contributed by atoms with Gasteiger partial charge in [0.05, 0.1) is 6.04 Å². The molecule has 0 aliphatic rings. The van der Waals surface area contributed by atoms with Crippen LogP contribution in [0.4, 0.5) is 0 Å². The van der Waals surface area contributed by atoms with E-state index in [0.29, 0.717) is 0 Å². The van der Waals surface area contributed by atoms with Crippen LogP contribution in [0.15, 0.2) is 39.4 Å². The summed E-state index contributed by atoms with van der Waals surface area (Å²) < 4.78 is 6.51. The van der Waals surface area contributed by atoms with Gasteiger partial charge in [0.25, 0.3) is 0 Å². The van der Waals surface area contributed by atoms with Gasteiger partial charge >= 0.3 is 0 Å². The lowest BCUT2D eigenvalue weighted by Crippen LogP contribution is -2.23. The third kappa shape index (κ3) is 3.97. The molecule has 2 nitrogen and oxygen atoms in total. The van der Waals surface area contributed by atoms with E-state index in [4.69, 9.17) is 4.42 Å². The molecular formula is C17H22BrNO. The van der Waals surface area contributed by atoms with Crippen molar-refractivity contribution in [3.05, 3.63) is 57.5 Å². The Morgan fingerprint density at radius 3 is 2.55 bits per heavy atom. The van der Waals surface area contributed by atoms with Crippen LogP contribution in [0.3, 0.4) is 0 Å². The average Bonchev–Trinajstić information content (AvgIpc) is 2.85. The van der Waals surface area contributed by atoms with E-state index >= 15 is 0 Å². The monoisotopic (exact) mass is 335 g/mol. The van der Waals surface area contributed by atoms with Crippen LogP contribution in [0.1, 0.15) is 41.8 Å². The normalized spacial score (nSPS) is 12.6. The van der Waals surface area contributed by atoms with Crippen LogP contribution in [0.2, 0.25) is 0 Å². The molecule has 0 amide bonds. The van der Waals surface area contributed by atoms with Crippen LogP contribution in [-0.2, 0) is 6.42 Å². The Labute approximate surface area is 129 Å². The number of furan rings is 1. The highest BCUT2D eigenvalue weighted by atomic mass is 79.9. The molecule has 0 radical (unpaired) electrons. The van der Waals surface area contributed by atoms with Gasteiger partial charge in [0, 0.05) is 0 Å². The molecule has 1 heterocycles. The second kappa shape index (κ2) is 7.09. The van der Waals surface area contributed by atoms with E-state index in [-0.39, 0.29) is 6.04 Å². The first kappa shape index (κ1) is 15.3. The van der Waals surface area contributed by atoms with Crippen molar-refractivity contribution in [1.82, 2.24) is 5.32 Å². The zero-order chi connectivity index (χ0) is 14.5. The summed E-state index contributed by atoms with van der Waals surface area (Å²) in [4.78, 5) is 0. The molecule has 0 aliphatic heterocycles. The summed E-state index contributed by atoms with van der Waals surface area (Å²) in [7, 11) is 0. The van der Waals surface area contributed by atoms with E-state index in [2.05, 4.69) is 60.2 Å². The maximum atomic E-state index is 5.72. The lowest BCUT2D eigenvalue weighted by atomic mass is 9.99. The fourth-order valence-electron chi connectivity index (χ4n) is 2.27. The smallest absolute Gasteiger partial charge is 0.169 e. The fraction of sp³-hybridized carbons (Fsp3) is 0.412. The molecule has 0 saturated heterocycles. The highest BCUT2D eigenvalue weighted by molar-refractivity contribution is 9.10. The Morgan fingerprint density at radius 1 is 1.15 bits per heavy atom. The van der Waals surface area contributed by atoms with E-state index in [9.17, 15) is 0 Å². The first-order valence-electron chi connectivity index (χ1n) is 7.15. The Balaban J connectivity index is 2.16. The lowest BCUT2D eigenvalue weighted by molar-refractivity contribution is 0.400. The van der Waals surface area contributed by atoms with E-state index < -0.39 is 0 Å². The Bertz CT molecular complexity index is 562. The minimum atomic E-state index is 0.225. The molecule has 1 aromatic carbocycles. The molecule has 0 aliphatic carbocycles. The van der Waals surface area contributed by atoms with Crippen molar-refractivity contribution in [3.63, 3.8) is 0 Å². The second-order valence-electron chi connectivity index (χ2n) is 5.27. The molecule has 108 valence electrons. The third-order valence-electron chi connectivity index (χ3n) is 3.59. The molecule has 1 unspecified atom stereocenters. The topological polar surface area (TPSA) is 25.2 Å². The lowest BCUT2D eigenvalue weighted by Gasteiger charge is -2.17. The van der Waals surface area contributed by atoms with Crippen LogP contribution in [0.25, 0.3) is 0 Å². The van der Waals surface area contributed by atoms with Gasteiger partial charge in [0.15, 0.2) is 4.67 Å². The predicted molar refractivity (Wildman–Crippen MR) is 87.1 cm³/mol. The summed E-state index contributed by atoms with van der Waals surface area (Å²) in [6, 6.07) is 10.9. The van der Waals surface area contributed by atoms with Crippen LogP contribution >= 0.6 is 15.9 Å². The summed E-state index contributed by atoms with van der Waals surface area (Å²) in [5.74, 6) is 0.989. The number of hydrogen-bond donors (Lipinski definition) is 1. The van der Waals surface area contributed by atoms with Crippen molar-refractivity contribution < 1.29 is 4.42 Å². The Kier molecular flexibility index (Phi) is 5.44. The van der Waals surface area contributed by atoms with E-state index in [1.807, 2.05) is 12.1 Å². The van der Waals surface area contributed by atoms with Crippen molar-refractivity contribution in [2.75, 3.05) is 6.54 Å². The molecule has 3 heteroatoms. The molecule has 2 aromatic rings. The molecule has 0 saturated carbocycles. The first-order valence-corrected chi connectivity index (χ1v) is 7.94. The SMILES string of the molecule is CCCNC(Cc1ccc(C)c(C)c1)c1ccc(Br)o1. The van der Waals surface area contributed by atoms with Crippen molar-refractivity contribution >= 4 is 15.9 Å². The number of rotatable bonds is 6. The molecule has 1 N–H and O–H groups in total. The molecule has 0 fully saturated rings. The standard InChI is InChI=1S/C17H22BrNO/c1-4-9-19-15(16-7-8-17(18)20-16)11-14-6-5-12(2)13(3)10-14/h5-8,10,15,19H,4,9,11H2,1-3H3. The van der Waals surface area contributed by atoms with Gasteiger partial charge in [-0.1, -0.05) is 25.1 Å². The maximum Gasteiger partial charge on any atom is 0.169 e. The Morgan fingerprint density at radius 2 is 1.95 bits per heavy atom. The van der Waals surface area contributed by atoms with Gasteiger partial charge in [-0.25, -0.2) is 0 Å². The van der Waals surface area contributed by atoms with Gasteiger partial charge in [-0.15, -0.1) is 0 Å². The first-order chi connectivity index (χ1) is 9.60. The molecule has 0 bridgehead atoms. The van der Waals surface area contributed by atoms with Crippen molar-refractivity contribution in [2.45, 2.75) is 39.7 Å². The number of aryl methyl sites for hydroxylation is 2. The summed E-state index contributed by atoms with van der Waals surface area (Å²) in [6.45, 7) is 7.48. The van der Waals surface area contributed by atoms with Gasteiger partial charge in [0.1, 0.15) is 5.76 Å². The van der Waals surface area contributed by atoms with Gasteiger partial charge in [0.2, 0.25) is 0 Å².